The van der Waals surface area contributed by atoms with Gasteiger partial charge in [-0.2, -0.15) is 5.10 Å². The van der Waals surface area contributed by atoms with Crippen LogP contribution in [0.5, 0.6) is 0 Å². The first-order valence-corrected chi connectivity index (χ1v) is 8.05. The summed E-state index contributed by atoms with van der Waals surface area (Å²) in [5.41, 5.74) is 3.47. The molecule has 1 atom stereocenters. The number of benzene rings is 1. The lowest BCUT2D eigenvalue weighted by Gasteiger charge is -2.11. The number of amidine groups is 1. The molecule has 8 heteroatoms. The zero-order valence-corrected chi connectivity index (χ0v) is 13.3. The Balaban J connectivity index is 1.65. The van der Waals surface area contributed by atoms with Gasteiger partial charge in [0.05, 0.1) is 12.6 Å². The molecule has 1 aromatic carbocycles. The normalized spacial score (nSPS) is 22.0. The van der Waals surface area contributed by atoms with Gasteiger partial charge < -0.3 is 15.3 Å². The summed E-state index contributed by atoms with van der Waals surface area (Å²) >= 11 is 1.09. The van der Waals surface area contributed by atoms with E-state index in [2.05, 4.69) is 39.6 Å². The van der Waals surface area contributed by atoms with Crippen molar-refractivity contribution < 1.29 is 14.7 Å². The van der Waals surface area contributed by atoms with Crippen molar-refractivity contribution in [3.05, 3.63) is 29.3 Å². The van der Waals surface area contributed by atoms with Crippen LogP contribution in [-0.4, -0.2) is 47.2 Å². The molecule has 2 N–H and O–H groups in total. The van der Waals surface area contributed by atoms with E-state index in [1.54, 1.807) is 6.21 Å². The number of hydrogen-bond acceptors (Lipinski definition) is 6. The van der Waals surface area contributed by atoms with E-state index in [0.29, 0.717) is 5.17 Å². The molecule has 2 aliphatic heterocycles. The summed E-state index contributed by atoms with van der Waals surface area (Å²) in [4.78, 5) is 24.4. The number of thioether (sulfide) groups is 1. The van der Waals surface area contributed by atoms with E-state index in [1.807, 2.05) is 6.07 Å². The Morgan fingerprint density at radius 3 is 3.17 bits per heavy atom. The number of carbonyl (C=O) groups excluding carboxylic acids is 1. The molecule has 0 aromatic heterocycles. The van der Waals surface area contributed by atoms with Gasteiger partial charge in [0.15, 0.2) is 5.17 Å². The van der Waals surface area contributed by atoms with Gasteiger partial charge in [-0.3, -0.25) is 9.59 Å². The summed E-state index contributed by atoms with van der Waals surface area (Å²) in [6.45, 7) is 1.02. The lowest BCUT2D eigenvalue weighted by atomic mass is 10.1. The molecule has 1 fully saturated rings. The van der Waals surface area contributed by atoms with E-state index in [1.165, 1.54) is 11.3 Å². The van der Waals surface area contributed by atoms with E-state index < -0.39 is 11.2 Å². The third-order valence-corrected chi connectivity index (χ3v) is 4.80. The maximum Gasteiger partial charge on any atom is 0.305 e. The number of likely N-dealkylation sites (N-methyl/N-ethyl adjacent to an activating group) is 1. The molecular formula is C15H16N4O3S. The minimum absolute atomic E-state index is 0.225. The molecule has 7 nitrogen and oxygen atoms in total. The predicted octanol–water partition coefficient (Wildman–Crippen LogP) is 1.08. The van der Waals surface area contributed by atoms with E-state index in [9.17, 15) is 9.59 Å². The fraction of sp³-hybridized carbons (Fsp3) is 0.333. The predicted molar refractivity (Wildman–Crippen MR) is 90.2 cm³/mol. The maximum absolute atomic E-state index is 11.6. The molecule has 1 aromatic rings. The van der Waals surface area contributed by atoms with E-state index in [0.717, 1.165) is 30.3 Å². The van der Waals surface area contributed by atoms with Gasteiger partial charge in [-0.1, -0.05) is 17.8 Å². The molecule has 2 aliphatic rings. The zero-order valence-electron chi connectivity index (χ0n) is 12.5. The number of rotatable bonds is 4. The maximum atomic E-state index is 11.6. The van der Waals surface area contributed by atoms with Crippen molar-refractivity contribution in [2.45, 2.75) is 18.1 Å². The number of carboxylic acids is 1. The second kappa shape index (κ2) is 6.41. The largest absolute Gasteiger partial charge is 0.481 e. The molecule has 1 amide bonds. The van der Waals surface area contributed by atoms with E-state index in [-0.39, 0.29) is 12.3 Å². The SMILES string of the molecule is CN1CCc2cc(C=NN=C3NC(=O)C(CC(=O)O)S3)ccc21. The van der Waals surface area contributed by atoms with Crippen LogP contribution in [0.1, 0.15) is 17.5 Å². The van der Waals surface area contributed by atoms with Crippen LogP contribution in [-0.2, 0) is 16.0 Å². The number of carbonyl (C=O) groups is 2. The molecule has 0 bridgehead atoms. The summed E-state index contributed by atoms with van der Waals surface area (Å²) in [6, 6.07) is 6.11. The lowest BCUT2D eigenvalue weighted by molar-refractivity contribution is -0.138. The minimum Gasteiger partial charge on any atom is -0.481 e. The number of carboxylic acid groups (broad SMARTS) is 1. The monoisotopic (exact) mass is 332 g/mol. The number of anilines is 1. The number of hydrogen-bond donors (Lipinski definition) is 2. The Morgan fingerprint density at radius 1 is 1.57 bits per heavy atom. The molecule has 0 radical (unpaired) electrons. The standard InChI is InChI=1S/C15H16N4O3S/c1-19-5-4-10-6-9(2-3-11(10)19)8-16-18-15-17-14(22)12(23-15)7-13(20)21/h2-3,6,8,12H,4-5,7H2,1H3,(H,20,21)(H,17,18,22). The van der Waals surface area contributed by atoms with Crippen molar-refractivity contribution >= 4 is 40.7 Å². The number of nitrogens with one attached hydrogen (secondary N) is 1. The first-order chi connectivity index (χ1) is 11.0. The second-order valence-corrected chi connectivity index (χ2v) is 6.59. The number of nitrogens with zero attached hydrogens (tertiary/aromatic N) is 3. The van der Waals surface area contributed by atoms with Crippen LogP contribution < -0.4 is 10.2 Å². The molecule has 1 unspecified atom stereocenters. The van der Waals surface area contributed by atoms with Gasteiger partial charge in [0.2, 0.25) is 5.91 Å². The Hall–Kier alpha value is -2.35. The zero-order chi connectivity index (χ0) is 16.4. The van der Waals surface area contributed by atoms with Crippen molar-refractivity contribution in [3.8, 4) is 0 Å². The molecule has 0 saturated carbocycles. The molecule has 3 rings (SSSR count). The molecule has 0 aliphatic carbocycles. The Labute approximate surface area is 137 Å². The highest BCUT2D eigenvalue weighted by Gasteiger charge is 2.32. The van der Waals surface area contributed by atoms with Gasteiger partial charge in [-0.05, 0) is 29.7 Å². The summed E-state index contributed by atoms with van der Waals surface area (Å²) in [5, 5.41) is 18.9. The minimum atomic E-state index is -1.01. The lowest BCUT2D eigenvalue weighted by Crippen LogP contribution is -2.26. The Kier molecular flexibility index (Phi) is 4.33. The number of amides is 1. The van der Waals surface area contributed by atoms with Gasteiger partial charge in [0.25, 0.3) is 0 Å². The average Bonchev–Trinajstić information content (AvgIpc) is 3.02. The molecule has 23 heavy (non-hydrogen) atoms. The van der Waals surface area contributed by atoms with Crippen molar-refractivity contribution in [1.82, 2.24) is 5.32 Å². The Bertz CT molecular complexity index is 717. The number of fused-ring (bicyclic) bond motifs is 1. The molecule has 0 spiro atoms. The molecule has 120 valence electrons. The topological polar surface area (TPSA) is 94.4 Å². The van der Waals surface area contributed by atoms with E-state index >= 15 is 0 Å². The van der Waals surface area contributed by atoms with Gasteiger partial charge in [0, 0.05) is 19.3 Å². The first kappa shape index (κ1) is 15.5. The number of aliphatic carboxylic acids is 1. The van der Waals surface area contributed by atoms with Gasteiger partial charge in [0.1, 0.15) is 5.25 Å². The smallest absolute Gasteiger partial charge is 0.305 e. The van der Waals surface area contributed by atoms with Crippen LogP contribution in [0, 0.1) is 0 Å². The van der Waals surface area contributed by atoms with Crippen LogP contribution in [0.2, 0.25) is 0 Å². The van der Waals surface area contributed by atoms with Crippen LogP contribution in [0.15, 0.2) is 28.4 Å². The van der Waals surface area contributed by atoms with Crippen LogP contribution in [0.4, 0.5) is 5.69 Å². The molecular weight excluding hydrogens is 316 g/mol. The highest BCUT2D eigenvalue weighted by molar-refractivity contribution is 8.15. The summed E-state index contributed by atoms with van der Waals surface area (Å²) in [5.74, 6) is -1.35. The van der Waals surface area contributed by atoms with Crippen LogP contribution in [0.25, 0.3) is 0 Å². The summed E-state index contributed by atoms with van der Waals surface area (Å²) < 4.78 is 0. The van der Waals surface area contributed by atoms with Crippen molar-refractivity contribution in [1.29, 1.82) is 0 Å². The summed E-state index contributed by atoms with van der Waals surface area (Å²) in [6.07, 6.45) is 2.42. The Morgan fingerprint density at radius 2 is 2.39 bits per heavy atom. The fourth-order valence-corrected chi connectivity index (χ4v) is 3.48. The van der Waals surface area contributed by atoms with Gasteiger partial charge >= 0.3 is 5.97 Å². The van der Waals surface area contributed by atoms with Gasteiger partial charge in [-0.25, -0.2) is 0 Å². The van der Waals surface area contributed by atoms with Crippen LogP contribution in [0.3, 0.4) is 0 Å². The highest BCUT2D eigenvalue weighted by atomic mass is 32.2. The second-order valence-electron chi connectivity index (χ2n) is 5.40. The summed E-state index contributed by atoms with van der Waals surface area (Å²) in [7, 11) is 2.07. The molecule has 1 saturated heterocycles. The third kappa shape index (κ3) is 3.53. The van der Waals surface area contributed by atoms with Crippen molar-refractivity contribution in [3.63, 3.8) is 0 Å². The molecule has 2 heterocycles. The van der Waals surface area contributed by atoms with E-state index in [4.69, 9.17) is 5.11 Å². The van der Waals surface area contributed by atoms with Crippen molar-refractivity contribution in [2.75, 3.05) is 18.5 Å². The first-order valence-electron chi connectivity index (χ1n) is 7.17. The quantitative estimate of drug-likeness (QED) is 0.635. The third-order valence-electron chi connectivity index (χ3n) is 3.72. The fourth-order valence-electron chi connectivity index (χ4n) is 2.56. The van der Waals surface area contributed by atoms with Gasteiger partial charge in [-0.15, -0.1) is 5.10 Å². The van der Waals surface area contributed by atoms with Crippen LogP contribution >= 0.6 is 11.8 Å². The highest BCUT2D eigenvalue weighted by Crippen LogP contribution is 2.27. The van der Waals surface area contributed by atoms with Crippen molar-refractivity contribution in [2.24, 2.45) is 10.2 Å². The average molecular weight is 332 g/mol.